The molecule has 0 aliphatic rings. The Morgan fingerprint density at radius 2 is 2.38 bits per heavy atom. The lowest BCUT2D eigenvalue weighted by Crippen LogP contribution is -2.01. The molecule has 0 saturated heterocycles. The van der Waals surface area contributed by atoms with Gasteiger partial charge in [-0.05, 0) is 12.8 Å². The predicted octanol–water partition coefficient (Wildman–Crippen LogP) is -0.174. The highest BCUT2D eigenvalue weighted by Crippen LogP contribution is 1.94. The summed E-state index contributed by atoms with van der Waals surface area (Å²) in [4.78, 5) is 16.0. The molecule has 4 N–H and O–H groups in total. The van der Waals surface area contributed by atoms with E-state index in [1.807, 2.05) is 0 Å². The third kappa shape index (κ3) is 8.55. The molecule has 0 aliphatic heterocycles. The zero-order valence-electron chi connectivity index (χ0n) is 7.66. The van der Waals surface area contributed by atoms with E-state index >= 15 is 0 Å². The number of hydrogen-bond donors (Lipinski definition) is 3. The summed E-state index contributed by atoms with van der Waals surface area (Å²) in [5.74, 6) is -0.333. The number of aromatic amines is 1. The Balaban J connectivity index is 0.000000310. The molecule has 1 heterocycles. The number of amides is 1. The topological polar surface area (TPSA) is 92.0 Å². The highest BCUT2D eigenvalue weighted by Gasteiger charge is 1.90. The van der Waals surface area contributed by atoms with Crippen molar-refractivity contribution in [2.45, 2.75) is 19.8 Å². The van der Waals surface area contributed by atoms with E-state index in [9.17, 15) is 4.79 Å². The number of H-pyrrole nitrogens is 1. The van der Waals surface area contributed by atoms with E-state index in [2.05, 4.69) is 15.7 Å². The second kappa shape index (κ2) is 7.30. The van der Waals surface area contributed by atoms with Crippen LogP contribution in [0, 0.1) is 0 Å². The molecule has 5 heteroatoms. The van der Waals surface area contributed by atoms with Gasteiger partial charge in [0, 0.05) is 25.4 Å². The van der Waals surface area contributed by atoms with Gasteiger partial charge >= 0.3 is 0 Å². The third-order valence-corrected chi connectivity index (χ3v) is 1.16. The lowest BCUT2D eigenvalue weighted by atomic mass is 10.3. The zero-order valence-corrected chi connectivity index (χ0v) is 7.66. The second-order valence-corrected chi connectivity index (χ2v) is 2.51. The van der Waals surface area contributed by atoms with Crippen LogP contribution in [0.2, 0.25) is 0 Å². The number of nitrogens with two attached hydrogens (primary N) is 1. The molecule has 1 aromatic rings. The molecule has 0 bridgehead atoms. The summed E-state index contributed by atoms with van der Waals surface area (Å²) in [6.07, 6.45) is 5.11. The van der Waals surface area contributed by atoms with Gasteiger partial charge in [0.1, 0.15) is 0 Å². The summed E-state index contributed by atoms with van der Waals surface area (Å²) >= 11 is 0. The average Bonchev–Trinajstić information content (AvgIpc) is 2.51. The minimum atomic E-state index is -0.333. The van der Waals surface area contributed by atoms with Crippen LogP contribution in [0.25, 0.3) is 0 Å². The van der Waals surface area contributed by atoms with Crippen LogP contribution in [-0.4, -0.2) is 27.6 Å². The molecule has 0 atom stereocenters. The number of carbonyl (C=O) groups excluding carboxylic acids is 1. The molecule has 0 spiro atoms. The number of aryl methyl sites for hydroxylation is 1. The Morgan fingerprint density at radius 3 is 2.77 bits per heavy atom. The second-order valence-electron chi connectivity index (χ2n) is 2.51. The molecule has 0 unspecified atom stereocenters. The molecule has 13 heavy (non-hydrogen) atoms. The van der Waals surface area contributed by atoms with Gasteiger partial charge in [0.05, 0.1) is 6.33 Å². The molecule has 0 fully saturated rings. The molecule has 0 aliphatic carbocycles. The predicted molar refractivity (Wildman–Crippen MR) is 48.9 cm³/mol. The number of primary amides is 1. The number of aliphatic hydroxyl groups is 1. The Kier molecular flexibility index (Phi) is 6.53. The summed E-state index contributed by atoms with van der Waals surface area (Å²) in [5.41, 5.74) is 5.56. The van der Waals surface area contributed by atoms with Gasteiger partial charge in [-0.2, -0.15) is 0 Å². The van der Waals surface area contributed by atoms with Crippen LogP contribution >= 0.6 is 0 Å². The van der Waals surface area contributed by atoms with Crippen molar-refractivity contribution in [2.75, 3.05) is 6.61 Å². The number of carbonyl (C=O) groups is 1. The van der Waals surface area contributed by atoms with Crippen molar-refractivity contribution in [1.29, 1.82) is 0 Å². The van der Waals surface area contributed by atoms with Gasteiger partial charge in [-0.15, -0.1) is 0 Å². The molecule has 74 valence electrons. The van der Waals surface area contributed by atoms with Gasteiger partial charge < -0.3 is 15.8 Å². The molecule has 1 amide bonds. The summed E-state index contributed by atoms with van der Waals surface area (Å²) < 4.78 is 0. The minimum absolute atomic E-state index is 0.249. The van der Waals surface area contributed by atoms with E-state index in [1.54, 1.807) is 12.5 Å². The van der Waals surface area contributed by atoms with Gasteiger partial charge in [0.2, 0.25) is 5.91 Å². The fraction of sp³-hybridized carbons (Fsp3) is 0.500. The molecular formula is C8H15N3O2. The molecule has 0 saturated carbocycles. The van der Waals surface area contributed by atoms with Gasteiger partial charge in [0.25, 0.3) is 0 Å². The largest absolute Gasteiger partial charge is 0.396 e. The van der Waals surface area contributed by atoms with E-state index in [-0.39, 0.29) is 12.5 Å². The van der Waals surface area contributed by atoms with E-state index in [0.29, 0.717) is 0 Å². The summed E-state index contributed by atoms with van der Waals surface area (Å²) in [5, 5.41) is 8.43. The maximum absolute atomic E-state index is 9.22. The fourth-order valence-corrected chi connectivity index (χ4v) is 0.691. The van der Waals surface area contributed by atoms with Crippen LogP contribution in [0.1, 0.15) is 19.0 Å². The Labute approximate surface area is 77.0 Å². The van der Waals surface area contributed by atoms with E-state index in [1.165, 1.54) is 6.92 Å². The Morgan fingerprint density at radius 1 is 1.77 bits per heavy atom. The highest BCUT2D eigenvalue weighted by molar-refractivity contribution is 5.70. The van der Waals surface area contributed by atoms with Gasteiger partial charge in [-0.25, -0.2) is 4.98 Å². The van der Waals surface area contributed by atoms with Crippen molar-refractivity contribution in [3.05, 3.63) is 18.2 Å². The molecule has 0 aromatic carbocycles. The maximum atomic E-state index is 9.22. The summed E-state index contributed by atoms with van der Waals surface area (Å²) in [7, 11) is 0. The molecular weight excluding hydrogens is 170 g/mol. The van der Waals surface area contributed by atoms with Crippen LogP contribution in [0.15, 0.2) is 12.5 Å². The van der Waals surface area contributed by atoms with Crippen LogP contribution in [-0.2, 0) is 11.2 Å². The van der Waals surface area contributed by atoms with Crippen molar-refractivity contribution in [3.63, 3.8) is 0 Å². The molecule has 1 aromatic heterocycles. The van der Waals surface area contributed by atoms with Crippen LogP contribution < -0.4 is 5.73 Å². The monoisotopic (exact) mass is 185 g/mol. The quantitative estimate of drug-likeness (QED) is 0.610. The Hall–Kier alpha value is -1.36. The van der Waals surface area contributed by atoms with Crippen molar-refractivity contribution in [2.24, 2.45) is 5.73 Å². The van der Waals surface area contributed by atoms with Crippen LogP contribution in [0.3, 0.4) is 0 Å². The van der Waals surface area contributed by atoms with Crippen molar-refractivity contribution >= 4 is 5.91 Å². The molecule has 5 nitrogen and oxygen atoms in total. The summed E-state index contributed by atoms with van der Waals surface area (Å²) in [6, 6.07) is 0. The summed E-state index contributed by atoms with van der Waals surface area (Å²) in [6.45, 7) is 1.55. The number of rotatable bonds is 3. The van der Waals surface area contributed by atoms with Gasteiger partial charge in [-0.1, -0.05) is 0 Å². The lowest BCUT2D eigenvalue weighted by molar-refractivity contribution is -0.115. The number of aromatic nitrogens is 2. The first-order valence-electron chi connectivity index (χ1n) is 4.01. The van der Waals surface area contributed by atoms with Gasteiger partial charge in [-0.3, -0.25) is 4.79 Å². The SMILES string of the molecule is CC(N)=O.OCCCc1cnc[nH]1. The number of nitrogens with zero attached hydrogens (tertiary/aromatic N) is 1. The van der Waals surface area contributed by atoms with Gasteiger partial charge in [0.15, 0.2) is 0 Å². The minimum Gasteiger partial charge on any atom is -0.396 e. The third-order valence-electron chi connectivity index (χ3n) is 1.16. The van der Waals surface area contributed by atoms with Crippen LogP contribution in [0.4, 0.5) is 0 Å². The fourth-order valence-electron chi connectivity index (χ4n) is 0.691. The van der Waals surface area contributed by atoms with E-state index < -0.39 is 0 Å². The zero-order chi connectivity index (χ0) is 10.1. The first-order valence-corrected chi connectivity index (χ1v) is 4.01. The van der Waals surface area contributed by atoms with E-state index in [0.717, 1.165) is 18.5 Å². The number of nitrogens with one attached hydrogen (secondary N) is 1. The number of aliphatic hydroxyl groups excluding tert-OH is 1. The van der Waals surface area contributed by atoms with Crippen LogP contribution in [0.5, 0.6) is 0 Å². The number of imidazole rings is 1. The highest BCUT2D eigenvalue weighted by atomic mass is 16.2. The molecule has 0 radical (unpaired) electrons. The molecule has 1 rings (SSSR count). The lowest BCUT2D eigenvalue weighted by Gasteiger charge is -1.90. The number of hydrogen-bond acceptors (Lipinski definition) is 3. The van der Waals surface area contributed by atoms with Crippen molar-refractivity contribution in [3.8, 4) is 0 Å². The Bertz CT molecular complexity index is 217. The van der Waals surface area contributed by atoms with E-state index in [4.69, 9.17) is 5.11 Å². The standard InChI is InChI=1S/C6H10N2O.C2H5NO/c9-3-1-2-6-4-7-5-8-6;1-2(3)4/h4-5,9H,1-3H2,(H,7,8);1H3,(H2,3,4). The van der Waals surface area contributed by atoms with Crippen molar-refractivity contribution in [1.82, 2.24) is 9.97 Å². The van der Waals surface area contributed by atoms with Crippen molar-refractivity contribution < 1.29 is 9.90 Å². The maximum Gasteiger partial charge on any atom is 0.214 e. The average molecular weight is 185 g/mol. The first-order chi connectivity index (χ1) is 6.16. The normalized spacial score (nSPS) is 8.77. The first kappa shape index (κ1) is 11.6. The smallest absolute Gasteiger partial charge is 0.214 e.